The number of unbranched alkanes of at least 4 members (excludes halogenated alkanes) is 1. The molecule has 444 valence electrons. The van der Waals surface area contributed by atoms with E-state index in [4.69, 9.17) is 67.9 Å². The maximum atomic E-state index is 13.0. The van der Waals surface area contributed by atoms with E-state index in [9.17, 15) is 47.9 Å². The maximum absolute atomic E-state index is 13.0. The second kappa shape index (κ2) is 40.4. The number of carboxylic acid groups (broad SMARTS) is 1. The van der Waals surface area contributed by atoms with Gasteiger partial charge in [-0.05, 0) is 76.8 Å². The van der Waals surface area contributed by atoms with Crippen LogP contribution in [0.1, 0.15) is 119 Å². The van der Waals surface area contributed by atoms with E-state index in [1.165, 1.54) is 12.1 Å². The third-order valence-corrected chi connectivity index (χ3v) is 11.5. The zero-order chi connectivity index (χ0) is 60.0. The Morgan fingerprint density at radius 1 is 0.531 bits per heavy atom. The molecule has 2 aromatic carbocycles. The van der Waals surface area contributed by atoms with Crippen LogP contribution in [0, 0.1) is 0 Å². The number of benzene rings is 2. The first kappa shape index (κ1) is 69.3. The molecule has 2 unspecified atom stereocenters. The third-order valence-electron chi connectivity index (χ3n) is 11.5. The van der Waals surface area contributed by atoms with Gasteiger partial charge in [-0.15, -0.1) is 0 Å². The molecular formula is C53H69N5O23. The van der Waals surface area contributed by atoms with Gasteiger partial charge in [-0.25, -0.2) is 0 Å². The number of carboxylic acids is 1. The van der Waals surface area contributed by atoms with E-state index in [2.05, 4.69) is 10.6 Å². The van der Waals surface area contributed by atoms with Gasteiger partial charge in [0.15, 0.2) is 0 Å². The monoisotopic (exact) mass is 1140 g/mol. The van der Waals surface area contributed by atoms with Crippen LogP contribution in [0.2, 0.25) is 0 Å². The second-order valence-electron chi connectivity index (χ2n) is 17.0. The van der Waals surface area contributed by atoms with E-state index in [-0.39, 0.29) is 91.4 Å². The van der Waals surface area contributed by atoms with Crippen molar-refractivity contribution in [3.8, 4) is 11.5 Å². The minimum Gasteiger partial charge on any atom is -0.493 e. The average molecular weight is 1140 g/mol. The third kappa shape index (κ3) is 24.2. The summed E-state index contributed by atoms with van der Waals surface area (Å²) in [5.41, 5.74) is 6.07. The van der Waals surface area contributed by atoms with Gasteiger partial charge >= 0.3 is 18.3 Å². The molecule has 2 fully saturated rings. The largest absolute Gasteiger partial charge is 0.493 e. The van der Waals surface area contributed by atoms with E-state index in [0.717, 1.165) is 9.80 Å². The fourth-order valence-electron chi connectivity index (χ4n) is 7.72. The van der Waals surface area contributed by atoms with Gasteiger partial charge in [0.25, 0.3) is 23.6 Å². The Labute approximate surface area is 465 Å². The van der Waals surface area contributed by atoms with Gasteiger partial charge in [-0.2, -0.15) is 19.2 Å². The van der Waals surface area contributed by atoms with E-state index in [0.29, 0.717) is 124 Å². The van der Waals surface area contributed by atoms with Crippen LogP contribution in [0.15, 0.2) is 36.4 Å². The molecule has 4 heterocycles. The highest BCUT2D eigenvalue weighted by atomic mass is 16.6. The molecule has 0 bridgehead atoms. The standard InChI is InChI=1S/C26H34N2O9.C16H17N3O5.C9H18O5.2CO2/c1-2-34-14-15-36-17-16-35-13-11-18(29)6-3-4-12-37-21-8-5-7-19-23(21)26(33)28(25(19)32)20-9-10-22(30)27-24(20)31;17-7-2-8-24-11-4-1-3-9-13(11)16(23)19(15(9)22)10-5-6-12(20)18-14(10)21;1-2-12-5-6-14-8-7-13-4-3-9(10)11;2*2-1-3/h5,7-8,20H,2-4,6,9-17H2,1H3,(H,27,30,31);1,3-4,10H,2,5-8,17H2,(H,18,20,21);2-8H2,1H3,(H,10,11);;. The minimum atomic E-state index is -1.03. The number of nitrogens with two attached hydrogens (primary N) is 1. The molecule has 0 saturated carbocycles. The number of aliphatic carboxylic acids is 1. The molecule has 5 N–H and O–H groups in total. The first-order chi connectivity index (χ1) is 39.1. The molecule has 0 radical (unpaired) electrons. The molecule has 4 aliphatic heterocycles. The highest BCUT2D eigenvalue weighted by molar-refractivity contribution is 6.25. The Morgan fingerprint density at radius 2 is 0.914 bits per heavy atom. The van der Waals surface area contributed by atoms with Gasteiger partial charge in [-0.3, -0.25) is 68.4 Å². The fraction of sp³-hybridized carbons (Fsp3) is 0.547. The van der Waals surface area contributed by atoms with Crippen LogP contribution in [0.3, 0.4) is 0 Å². The van der Waals surface area contributed by atoms with E-state index >= 15 is 0 Å². The SMILES string of the molecule is CCOCCOCCOCCC(=O)CCCCOc1cccc2c1C(=O)N(C1CCC(=O)NC1=O)C2=O.CCOCCOCCOCCC(=O)O.NCCCOc1cccc2c1C(=O)N(C1CCC(=O)NC1=O)C2=O.O=C=O.O=C=O. The summed E-state index contributed by atoms with van der Waals surface area (Å²) < 4.78 is 42.4. The van der Waals surface area contributed by atoms with Crippen molar-refractivity contribution in [1.29, 1.82) is 0 Å². The molecule has 2 saturated heterocycles. The topological polar surface area (TPSA) is 390 Å². The fourth-order valence-corrected chi connectivity index (χ4v) is 7.72. The van der Waals surface area contributed by atoms with Gasteiger partial charge < -0.3 is 48.7 Å². The molecule has 8 amide bonds. The van der Waals surface area contributed by atoms with Crippen LogP contribution >= 0.6 is 0 Å². The average Bonchev–Trinajstić information content (AvgIpc) is 4.10. The van der Waals surface area contributed by atoms with Crippen LogP contribution in [0.4, 0.5) is 0 Å². The molecule has 0 aliphatic carbocycles. The van der Waals surface area contributed by atoms with E-state index in [1.807, 2.05) is 13.8 Å². The van der Waals surface area contributed by atoms with Crippen molar-refractivity contribution >= 4 is 71.3 Å². The molecular weight excluding hydrogens is 1070 g/mol. The van der Waals surface area contributed by atoms with Crippen molar-refractivity contribution in [2.45, 2.75) is 90.1 Å². The number of fused-ring (bicyclic) bond motifs is 2. The highest BCUT2D eigenvalue weighted by Gasteiger charge is 2.47. The number of ketones is 1. The second-order valence-corrected chi connectivity index (χ2v) is 17.0. The minimum absolute atomic E-state index is 0.0406. The zero-order valence-electron chi connectivity index (χ0n) is 45.2. The number of piperidine rings is 2. The lowest BCUT2D eigenvalue weighted by Crippen LogP contribution is -2.54. The first-order valence-electron chi connectivity index (χ1n) is 25.9. The number of hydrogen-bond acceptors (Lipinski definition) is 23. The summed E-state index contributed by atoms with van der Waals surface area (Å²) in [7, 11) is 0. The summed E-state index contributed by atoms with van der Waals surface area (Å²) in [5.74, 6) is -4.62. The predicted octanol–water partition coefficient (Wildman–Crippen LogP) is 0.845. The van der Waals surface area contributed by atoms with Crippen molar-refractivity contribution < 1.29 is 110 Å². The van der Waals surface area contributed by atoms with Crippen molar-refractivity contribution in [1.82, 2.24) is 20.4 Å². The van der Waals surface area contributed by atoms with Crippen LogP contribution < -0.4 is 25.8 Å². The van der Waals surface area contributed by atoms with Gasteiger partial charge in [-0.1, -0.05) is 12.1 Å². The first-order valence-corrected chi connectivity index (χ1v) is 25.9. The van der Waals surface area contributed by atoms with Crippen LogP contribution in [-0.4, -0.2) is 197 Å². The highest BCUT2D eigenvalue weighted by Crippen LogP contribution is 2.35. The number of nitrogens with one attached hydrogen (secondary N) is 2. The molecule has 2 aromatic rings. The number of amides is 8. The van der Waals surface area contributed by atoms with Crippen LogP contribution in [0.5, 0.6) is 11.5 Å². The number of hydrogen-bond donors (Lipinski definition) is 4. The van der Waals surface area contributed by atoms with Gasteiger partial charge in [0.1, 0.15) is 29.4 Å². The lowest BCUT2D eigenvalue weighted by atomic mass is 10.0. The summed E-state index contributed by atoms with van der Waals surface area (Å²) in [6.45, 7) is 10.8. The van der Waals surface area contributed by atoms with Crippen molar-refractivity contribution in [2.75, 3.05) is 99.0 Å². The number of carbonyl (C=O) groups excluding carboxylic acids is 13. The molecule has 6 rings (SSSR count). The van der Waals surface area contributed by atoms with Gasteiger partial charge in [0.05, 0.1) is 108 Å². The molecule has 2 atom stereocenters. The molecule has 4 aliphatic rings. The molecule has 0 aromatic heterocycles. The quantitative estimate of drug-likeness (QED) is 0.0582. The van der Waals surface area contributed by atoms with Gasteiger partial charge in [0.2, 0.25) is 23.6 Å². The van der Waals surface area contributed by atoms with Crippen LogP contribution in [0.25, 0.3) is 0 Å². The number of rotatable bonds is 32. The van der Waals surface area contributed by atoms with Crippen LogP contribution in [-0.2, 0) is 76.4 Å². The summed E-state index contributed by atoms with van der Waals surface area (Å²) in [4.78, 5) is 155. The summed E-state index contributed by atoms with van der Waals surface area (Å²) in [6.07, 6.45) is 3.44. The summed E-state index contributed by atoms with van der Waals surface area (Å²) >= 11 is 0. The smallest absolute Gasteiger partial charge is 0.373 e. The number of imide groups is 4. The number of Topliss-reactive ketones (excluding diaryl/α,β-unsaturated/α-hetero) is 1. The maximum Gasteiger partial charge on any atom is 0.373 e. The Bertz CT molecular complexity index is 2480. The van der Waals surface area contributed by atoms with E-state index < -0.39 is 65.3 Å². The molecule has 28 heteroatoms. The van der Waals surface area contributed by atoms with Crippen molar-refractivity contribution in [3.05, 3.63) is 58.7 Å². The normalized spacial score (nSPS) is 15.8. The Balaban J connectivity index is 0.000000434. The van der Waals surface area contributed by atoms with Gasteiger partial charge in [0, 0.05) is 38.9 Å². The number of ether oxygens (including phenoxy) is 8. The predicted molar refractivity (Wildman–Crippen MR) is 273 cm³/mol. The Hall–Kier alpha value is -7.78. The lowest BCUT2D eigenvalue weighted by Gasteiger charge is -2.27. The number of nitrogens with zero attached hydrogens (tertiary/aromatic N) is 2. The zero-order valence-corrected chi connectivity index (χ0v) is 45.2. The molecule has 81 heavy (non-hydrogen) atoms. The van der Waals surface area contributed by atoms with Crippen molar-refractivity contribution in [2.24, 2.45) is 5.73 Å². The Morgan fingerprint density at radius 3 is 1.30 bits per heavy atom. The van der Waals surface area contributed by atoms with E-state index in [1.54, 1.807) is 24.3 Å². The molecule has 28 nitrogen and oxygen atoms in total. The molecule has 0 spiro atoms. The summed E-state index contributed by atoms with van der Waals surface area (Å²) in [5, 5.41) is 12.6. The number of carbonyl (C=O) groups is 10. The Kier molecular flexibility index (Phi) is 34.6. The van der Waals surface area contributed by atoms with Crippen molar-refractivity contribution in [3.63, 3.8) is 0 Å². The summed E-state index contributed by atoms with van der Waals surface area (Å²) in [6, 6.07) is 7.47. The lowest BCUT2D eigenvalue weighted by molar-refractivity contribution is -0.193.